The summed E-state index contributed by atoms with van der Waals surface area (Å²) >= 11 is 0. The number of rotatable bonds is 7. The largest absolute Gasteiger partial charge is 0.509 e. The molecule has 0 fully saturated rings. The van der Waals surface area contributed by atoms with E-state index in [0.717, 1.165) is 50.3 Å². The van der Waals surface area contributed by atoms with Crippen LogP contribution < -0.4 is 14.5 Å². The van der Waals surface area contributed by atoms with Gasteiger partial charge < -0.3 is 19.1 Å². The third-order valence-corrected chi connectivity index (χ3v) is 11.5. The second kappa shape index (κ2) is 15.5. The Morgan fingerprint density at radius 1 is 0.576 bits per heavy atom. The maximum Gasteiger partial charge on any atom is 0.135 e. The fourth-order valence-electron chi connectivity index (χ4n) is 7.83. The summed E-state index contributed by atoms with van der Waals surface area (Å²) in [5.74, 6) is 2.09. The normalized spacial score (nSPS) is 13.8. The quantitative estimate of drug-likeness (QED) is 0.149. The second-order valence-corrected chi connectivity index (χ2v) is 19.3. The van der Waals surface area contributed by atoms with Crippen LogP contribution in [-0.2, 0) is 37.3 Å². The number of benzene rings is 5. The van der Waals surface area contributed by atoms with Crippen LogP contribution in [0.5, 0.6) is 11.5 Å². The van der Waals surface area contributed by atoms with Gasteiger partial charge in [-0.25, -0.2) is 4.98 Å². The standard InChI is InChI=1S/C53H55N4O.Pt/c1-50(2,3)37-20-17-21-40(28-37)55-34-48(52(7,8)9)56(35-55)41-29-39(53(10,11)36-18-13-12-14-19-36)30-43(32-41)58-42-24-25-45-44-22-15-16-23-46(44)57(47(45)33-42)49-31-38(26-27-54-49)51(4,5)6;/h12-31,34-35H,1-11H3;/q-3;. The molecule has 0 N–H and O–H groups in total. The van der Waals surface area contributed by atoms with Crippen molar-refractivity contribution < 1.29 is 25.8 Å². The van der Waals surface area contributed by atoms with Crippen molar-refractivity contribution in [1.82, 2.24) is 9.55 Å². The van der Waals surface area contributed by atoms with Gasteiger partial charge in [-0.05, 0) is 74.9 Å². The molecule has 0 spiro atoms. The number of aromatic nitrogens is 2. The smallest absolute Gasteiger partial charge is 0.135 e. The Morgan fingerprint density at radius 2 is 1.25 bits per heavy atom. The number of nitrogens with zero attached hydrogens (tertiary/aromatic N) is 4. The first-order valence-corrected chi connectivity index (χ1v) is 20.4. The van der Waals surface area contributed by atoms with Crippen molar-refractivity contribution in [3.63, 3.8) is 0 Å². The Hall–Kier alpha value is -5.12. The fraction of sp³-hybridized carbons (Fsp3) is 0.283. The number of pyridine rings is 1. The van der Waals surface area contributed by atoms with Crippen LogP contribution in [0.4, 0.5) is 11.4 Å². The van der Waals surface area contributed by atoms with Gasteiger partial charge >= 0.3 is 0 Å². The molecule has 0 bridgehead atoms. The van der Waals surface area contributed by atoms with E-state index >= 15 is 0 Å². The van der Waals surface area contributed by atoms with Gasteiger partial charge in [0.2, 0.25) is 0 Å². The molecular weight excluding hydrogens is 904 g/mol. The molecule has 5 nitrogen and oxygen atoms in total. The van der Waals surface area contributed by atoms with Crippen molar-refractivity contribution >= 4 is 33.2 Å². The Morgan fingerprint density at radius 3 is 1.97 bits per heavy atom. The summed E-state index contributed by atoms with van der Waals surface area (Å²) < 4.78 is 9.10. The van der Waals surface area contributed by atoms with Crippen molar-refractivity contribution in [3.05, 3.63) is 174 Å². The van der Waals surface area contributed by atoms with Crippen molar-refractivity contribution in [3.8, 4) is 17.3 Å². The van der Waals surface area contributed by atoms with Crippen LogP contribution in [0.2, 0.25) is 0 Å². The van der Waals surface area contributed by atoms with Crippen molar-refractivity contribution in [2.24, 2.45) is 5.41 Å². The van der Waals surface area contributed by atoms with Gasteiger partial charge in [-0.15, -0.1) is 53.6 Å². The van der Waals surface area contributed by atoms with Crippen molar-refractivity contribution in [2.75, 3.05) is 9.80 Å². The third-order valence-electron chi connectivity index (χ3n) is 11.5. The average Bonchev–Trinajstić information content (AvgIpc) is 3.79. The molecule has 0 aliphatic carbocycles. The summed E-state index contributed by atoms with van der Waals surface area (Å²) in [5.41, 5.74) is 9.54. The van der Waals surface area contributed by atoms with E-state index in [1.54, 1.807) is 0 Å². The molecule has 2 aromatic heterocycles. The number of hydrogen-bond acceptors (Lipinski definition) is 4. The maximum absolute atomic E-state index is 6.89. The van der Waals surface area contributed by atoms with Crippen LogP contribution in [0.1, 0.15) is 98.4 Å². The van der Waals surface area contributed by atoms with Gasteiger partial charge in [0.05, 0.1) is 0 Å². The first kappa shape index (κ1) is 42.0. The number of hydrogen-bond donors (Lipinski definition) is 0. The number of anilines is 2. The molecular formula is C53H55N4OPt-3. The molecule has 59 heavy (non-hydrogen) atoms. The van der Waals surface area contributed by atoms with E-state index in [4.69, 9.17) is 9.72 Å². The molecule has 1 aliphatic rings. The van der Waals surface area contributed by atoms with Crippen LogP contribution in [0.3, 0.4) is 0 Å². The minimum absolute atomic E-state index is 0. The molecule has 0 atom stereocenters. The zero-order valence-corrected chi connectivity index (χ0v) is 38.5. The van der Waals surface area contributed by atoms with Gasteiger partial charge in [-0.3, -0.25) is 0 Å². The SMILES string of the molecule is CC(C)(C)C1=CN(c2cccc(C(C)(C)C)c2)[CH-]N1c1[c-]c(Oc2[c-]c3c(cc2)c2ccccc2n3-c2cc(C(C)(C)C)ccn2)cc(C(C)(C)c2ccccc2)c1.[Pt]. The predicted octanol–water partition coefficient (Wildman–Crippen LogP) is 13.8. The summed E-state index contributed by atoms with van der Waals surface area (Å²) in [6.07, 6.45) is 4.17. The second-order valence-electron chi connectivity index (χ2n) is 19.3. The Balaban J connectivity index is 0.00000528. The van der Waals surface area contributed by atoms with Crippen LogP contribution >= 0.6 is 0 Å². The van der Waals surface area contributed by atoms with E-state index in [1.165, 1.54) is 16.7 Å². The molecule has 8 rings (SSSR count). The summed E-state index contributed by atoms with van der Waals surface area (Å²) in [6, 6.07) is 48.3. The first-order valence-electron chi connectivity index (χ1n) is 20.4. The Bertz CT molecular complexity index is 2670. The number of ether oxygens (including phenoxy) is 1. The number of fused-ring (bicyclic) bond motifs is 3. The van der Waals surface area contributed by atoms with Gasteiger partial charge in [0, 0.05) is 61.1 Å². The predicted molar refractivity (Wildman–Crippen MR) is 242 cm³/mol. The van der Waals surface area contributed by atoms with Gasteiger partial charge in [-0.1, -0.05) is 142 Å². The topological polar surface area (TPSA) is 33.5 Å². The first-order chi connectivity index (χ1) is 27.4. The molecule has 0 amide bonds. The minimum atomic E-state index is -0.334. The van der Waals surface area contributed by atoms with Gasteiger partial charge in [0.25, 0.3) is 0 Å². The van der Waals surface area contributed by atoms with E-state index < -0.39 is 0 Å². The average molecular weight is 959 g/mol. The van der Waals surface area contributed by atoms with Crippen LogP contribution in [0, 0.1) is 24.2 Å². The van der Waals surface area contributed by atoms with E-state index in [0.29, 0.717) is 11.5 Å². The van der Waals surface area contributed by atoms with Crippen LogP contribution in [0.15, 0.2) is 133 Å². The molecule has 1 aliphatic heterocycles. The Labute approximate surface area is 366 Å². The molecule has 3 heterocycles. The van der Waals surface area contributed by atoms with Crippen molar-refractivity contribution in [1.29, 1.82) is 0 Å². The molecule has 7 aromatic rings. The molecule has 306 valence electrons. The maximum atomic E-state index is 6.89. The third kappa shape index (κ3) is 8.24. The van der Waals surface area contributed by atoms with E-state index in [2.05, 4.69) is 225 Å². The zero-order chi connectivity index (χ0) is 41.2. The fourth-order valence-corrected chi connectivity index (χ4v) is 7.83. The summed E-state index contributed by atoms with van der Waals surface area (Å²) in [6.45, 7) is 27.0. The minimum Gasteiger partial charge on any atom is -0.509 e. The van der Waals surface area contributed by atoms with Gasteiger partial charge in [0.1, 0.15) is 5.82 Å². The zero-order valence-electron chi connectivity index (χ0n) is 36.2. The number of allylic oxidation sites excluding steroid dienone is 1. The van der Waals surface area contributed by atoms with E-state index in [1.807, 2.05) is 12.3 Å². The molecule has 0 unspecified atom stereocenters. The molecule has 0 radical (unpaired) electrons. The van der Waals surface area contributed by atoms with Gasteiger partial charge in [-0.2, -0.15) is 6.07 Å². The molecule has 5 aromatic carbocycles. The van der Waals surface area contributed by atoms with E-state index in [9.17, 15) is 0 Å². The summed E-state index contributed by atoms with van der Waals surface area (Å²) in [7, 11) is 0. The summed E-state index contributed by atoms with van der Waals surface area (Å²) in [4.78, 5) is 9.40. The monoisotopic (exact) mass is 958 g/mol. The van der Waals surface area contributed by atoms with Gasteiger partial charge in [0.15, 0.2) is 0 Å². The number of para-hydroxylation sites is 1. The molecule has 6 heteroatoms. The van der Waals surface area contributed by atoms with E-state index in [-0.39, 0.29) is 42.7 Å². The molecule has 0 saturated carbocycles. The van der Waals surface area contributed by atoms with Crippen molar-refractivity contribution in [2.45, 2.75) is 92.4 Å². The Kier molecular flexibility index (Phi) is 11.0. The van der Waals surface area contributed by atoms with Crippen LogP contribution in [-0.4, -0.2) is 9.55 Å². The summed E-state index contributed by atoms with van der Waals surface area (Å²) in [5, 5.41) is 2.24. The van der Waals surface area contributed by atoms with Crippen LogP contribution in [0.25, 0.3) is 27.6 Å². The molecule has 0 saturated heterocycles.